The van der Waals surface area contributed by atoms with E-state index in [1.54, 1.807) is 0 Å². The van der Waals surface area contributed by atoms with Crippen molar-refractivity contribution in [2.24, 2.45) is 0 Å². The predicted molar refractivity (Wildman–Crippen MR) is 98.3 cm³/mol. The molecular formula is C21H22N2O. The first-order valence-electron chi connectivity index (χ1n) is 8.64. The van der Waals surface area contributed by atoms with Crippen LogP contribution >= 0.6 is 0 Å². The number of aryl methyl sites for hydroxylation is 1. The molecule has 24 heavy (non-hydrogen) atoms. The Hall–Kier alpha value is -2.55. The zero-order valence-corrected chi connectivity index (χ0v) is 14.4. The minimum atomic E-state index is -0.295. The molecule has 1 aliphatic rings. The monoisotopic (exact) mass is 318 g/mol. The number of aromatic nitrogens is 1. The first kappa shape index (κ1) is 15.0. The number of nitrogens with one attached hydrogen (secondary N) is 1. The molecular weight excluding hydrogens is 296 g/mol. The third kappa shape index (κ3) is 1.87. The highest BCUT2D eigenvalue weighted by Crippen LogP contribution is 2.45. The zero-order valence-electron chi connectivity index (χ0n) is 14.4. The fraction of sp³-hybridized carbons (Fsp3) is 0.286. The Balaban J connectivity index is 2.14. The van der Waals surface area contributed by atoms with E-state index in [1.807, 2.05) is 22.8 Å². The second-order valence-electron chi connectivity index (χ2n) is 6.66. The van der Waals surface area contributed by atoms with Gasteiger partial charge in [-0.1, -0.05) is 61.9 Å². The van der Waals surface area contributed by atoms with E-state index in [0.29, 0.717) is 0 Å². The molecule has 0 bridgehead atoms. The molecule has 1 amide bonds. The molecule has 4 rings (SSSR count). The van der Waals surface area contributed by atoms with Crippen molar-refractivity contribution in [1.29, 1.82) is 0 Å². The molecule has 2 heterocycles. The molecule has 1 aliphatic heterocycles. The number of fused-ring (bicyclic) bond motifs is 3. The van der Waals surface area contributed by atoms with Crippen LogP contribution in [0.5, 0.6) is 0 Å². The lowest BCUT2D eigenvalue weighted by Gasteiger charge is -2.27. The normalized spacial score (nSPS) is 15.5. The Morgan fingerprint density at radius 2 is 1.67 bits per heavy atom. The zero-order chi connectivity index (χ0) is 16.9. The van der Waals surface area contributed by atoms with E-state index in [1.165, 1.54) is 16.7 Å². The van der Waals surface area contributed by atoms with Gasteiger partial charge in [0.25, 0.3) is 0 Å². The van der Waals surface area contributed by atoms with Crippen molar-refractivity contribution in [2.75, 3.05) is 0 Å². The van der Waals surface area contributed by atoms with Crippen LogP contribution in [0.3, 0.4) is 0 Å². The van der Waals surface area contributed by atoms with E-state index in [0.717, 1.165) is 29.4 Å². The average molecular weight is 318 g/mol. The van der Waals surface area contributed by atoms with Gasteiger partial charge in [0.2, 0.25) is 0 Å². The molecule has 3 nitrogen and oxygen atoms in total. The van der Waals surface area contributed by atoms with Gasteiger partial charge in [0, 0.05) is 10.9 Å². The molecule has 3 heteroatoms. The van der Waals surface area contributed by atoms with Crippen molar-refractivity contribution < 1.29 is 4.79 Å². The Labute approximate surface area is 142 Å². The van der Waals surface area contributed by atoms with Gasteiger partial charge in [-0.05, 0) is 31.4 Å². The highest BCUT2D eigenvalue weighted by atomic mass is 16.2. The van der Waals surface area contributed by atoms with Gasteiger partial charge in [0.15, 0.2) is 0 Å². The maximum absolute atomic E-state index is 12.8. The summed E-state index contributed by atoms with van der Waals surface area (Å²) in [6.45, 7) is 6.39. The molecule has 0 radical (unpaired) electrons. The van der Waals surface area contributed by atoms with Crippen LogP contribution in [0.25, 0.3) is 22.0 Å². The maximum Gasteiger partial charge on any atom is 0.327 e. The van der Waals surface area contributed by atoms with Crippen molar-refractivity contribution in [1.82, 2.24) is 9.88 Å². The topological polar surface area (TPSA) is 34.0 Å². The minimum absolute atomic E-state index is 0.0109. The van der Waals surface area contributed by atoms with Crippen molar-refractivity contribution in [3.05, 3.63) is 59.8 Å². The summed E-state index contributed by atoms with van der Waals surface area (Å²) in [4.78, 5) is 12.8. The molecule has 2 aromatic carbocycles. The number of amides is 1. The summed E-state index contributed by atoms with van der Waals surface area (Å²) in [5, 5.41) is 4.40. The smallest absolute Gasteiger partial charge is 0.326 e. The second kappa shape index (κ2) is 5.23. The number of hydrogen-bond donors (Lipinski definition) is 1. The highest BCUT2D eigenvalue weighted by Gasteiger charge is 2.44. The third-order valence-corrected chi connectivity index (χ3v) is 5.42. The number of hydrogen-bond acceptors (Lipinski definition) is 1. The van der Waals surface area contributed by atoms with E-state index < -0.39 is 0 Å². The molecule has 0 atom stereocenters. The summed E-state index contributed by atoms with van der Waals surface area (Å²) >= 11 is 0. The Bertz CT molecular complexity index is 930. The third-order valence-electron chi connectivity index (χ3n) is 5.42. The van der Waals surface area contributed by atoms with E-state index in [-0.39, 0.29) is 11.6 Å². The molecule has 1 aromatic heterocycles. The van der Waals surface area contributed by atoms with Crippen molar-refractivity contribution in [3.63, 3.8) is 0 Å². The van der Waals surface area contributed by atoms with Gasteiger partial charge >= 0.3 is 6.03 Å². The first-order chi connectivity index (χ1) is 11.6. The standard InChI is InChI=1S/C21H22N2O/c1-4-21(5-2)19-18(15-12-10-14(3)11-13-15)16-8-6-7-9-17(16)23(19)20(24)22-21/h6-13H,4-5H2,1-3H3,(H,22,24). The summed E-state index contributed by atoms with van der Waals surface area (Å²) in [7, 11) is 0. The molecule has 122 valence electrons. The van der Waals surface area contributed by atoms with Crippen molar-refractivity contribution in [3.8, 4) is 11.1 Å². The van der Waals surface area contributed by atoms with Gasteiger partial charge in [-0.15, -0.1) is 0 Å². The van der Waals surface area contributed by atoms with Crippen LogP contribution in [0.4, 0.5) is 4.79 Å². The van der Waals surface area contributed by atoms with Crippen LogP contribution in [-0.4, -0.2) is 10.6 Å². The molecule has 1 N–H and O–H groups in total. The Kier molecular flexibility index (Phi) is 3.27. The largest absolute Gasteiger partial charge is 0.327 e. The van der Waals surface area contributed by atoms with Gasteiger partial charge in [0.1, 0.15) is 0 Å². The predicted octanol–water partition coefficient (Wildman–Crippen LogP) is 5.20. The fourth-order valence-corrected chi connectivity index (χ4v) is 4.00. The quantitative estimate of drug-likeness (QED) is 0.707. The maximum atomic E-state index is 12.8. The Morgan fingerprint density at radius 3 is 2.33 bits per heavy atom. The number of para-hydroxylation sites is 1. The Morgan fingerprint density at radius 1 is 1.00 bits per heavy atom. The summed E-state index contributed by atoms with van der Waals surface area (Å²) in [5.74, 6) is 0. The first-order valence-corrected chi connectivity index (χ1v) is 8.64. The molecule has 0 unspecified atom stereocenters. The van der Waals surface area contributed by atoms with Crippen LogP contribution in [0.2, 0.25) is 0 Å². The summed E-state index contributed by atoms with van der Waals surface area (Å²) in [6, 6.07) is 16.8. The van der Waals surface area contributed by atoms with Crippen LogP contribution in [-0.2, 0) is 5.54 Å². The van der Waals surface area contributed by atoms with Crippen molar-refractivity contribution in [2.45, 2.75) is 39.2 Å². The van der Waals surface area contributed by atoms with Crippen molar-refractivity contribution >= 4 is 16.9 Å². The van der Waals surface area contributed by atoms with E-state index >= 15 is 0 Å². The van der Waals surface area contributed by atoms with Crippen LogP contribution in [0, 0.1) is 6.92 Å². The van der Waals surface area contributed by atoms with E-state index in [2.05, 4.69) is 56.4 Å². The molecule has 0 spiro atoms. The summed E-state index contributed by atoms with van der Waals surface area (Å²) in [6.07, 6.45) is 1.76. The fourth-order valence-electron chi connectivity index (χ4n) is 4.00. The van der Waals surface area contributed by atoms with E-state index in [4.69, 9.17) is 0 Å². The molecule has 0 saturated carbocycles. The highest BCUT2D eigenvalue weighted by molar-refractivity contribution is 6.06. The van der Waals surface area contributed by atoms with Crippen LogP contribution in [0.1, 0.15) is 37.9 Å². The molecule has 3 aromatic rings. The van der Waals surface area contributed by atoms with Crippen LogP contribution in [0.15, 0.2) is 48.5 Å². The lowest BCUT2D eigenvalue weighted by molar-refractivity contribution is 0.237. The van der Waals surface area contributed by atoms with Crippen LogP contribution < -0.4 is 5.32 Å². The lowest BCUT2D eigenvalue weighted by atomic mass is 9.85. The molecule has 0 saturated heterocycles. The van der Waals surface area contributed by atoms with Gasteiger partial charge in [-0.2, -0.15) is 0 Å². The summed E-state index contributed by atoms with van der Waals surface area (Å²) in [5.41, 5.74) is 5.41. The number of carbonyl (C=O) groups excluding carboxylic acids is 1. The van der Waals surface area contributed by atoms with Gasteiger partial charge in [-0.3, -0.25) is 4.57 Å². The van der Waals surface area contributed by atoms with Gasteiger partial charge < -0.3 is 5.32 Å². The van der Waals surface area contributed by atoms with E-state index in [9.17, 15) is 4.79 Å². The summed E-state index contributed by atoms with van der Waals surface area (Å²) < 4.78 is 1.89. The number of rotatable bonds is 3. The minimum Gasteiger partial charge on any atom is -0.326 e. The lowest BCUT2D eigenvalue weighted by Crippen LogP contribution is -2.38. The molecule has 0 fully saturated rings. The second-order valence-corrected chi connectivity index (χ2v) is 6.66. The van der Waals surface area contributed by atoms with Gasteiger partial charge in [0.05, 0.1) is 16.7 Å². The molecule has 0 aliphatic carbocycles. The number of nitrogens with zero attached hydrogens (tertiary/aromatic N) is 1. The number of carbonyl (C=O) groups is 1. The number of benzene rings is 2. The average Bonchev–Trinajstić information content (AvgIpc) is 3.10. The van der Waals surface area contributed by atoms with Gasteiger partial charge in [-0.25, -0.2) is 4.79 Å². The SMILES string of the molecule is CCC1(CC)NC(=O)n2c1c(-c1ccc(C)cc1)c1ccccc12.